The Balaban J connectivity index is 1.83. The zero-order chi connectivity index (χ0) is 22.6. The van der Waals surface area contributed by atoms with Gasteiger partial charge in [-0.2, -0.15) is 5.10 Å². The Labute approximate surface area is 187 Å². The maximum atomic E-state index is 13.2. The highest BCUT2D eigenvalue weighted by Gasteiger charge is 2.20. The number of ether oxygens (including phenoxy) is 1. The molecule has 0 saturated heterocycles. The van der Waals surface area contributed by atoms with Crippen molar-refractivity contribution in [1.29, 1.82) is 0 Å². The molecule has 0 radical (unpaired) electrons. The van der Waals surface area contributed by atoms with Gasteiger partial charge in [0.05, 0.1) is 42.7 Å². The number of nitrogens with zero attached hydrogens (tertiary/aromatic N) is 6. The van der Waals surface area contributed by atoms with Crippen molar-refractivity contribution in [3.05, 3.63) is 64.2 Å². The number of aliphatic hydroxyl groups is 1. The van der Waals surface area contributed by atoms with Crippen molar-refractivity contribution in [2.45, 2.75) is 6.61 Å². The summed E-state index contributed by atoms with van der Waals surface area (Å²) in [5.74, 6) is 0.500. The van der Waals surface area contributed by atoms with Crippen LogP contribution in [-0.4, -0.2) is 41.1 Å². The molecule has 0 amide bonds. The molecule has 0 spiro atoms. The second-order valence-corrected chi connectivity index (χ2v) is 7.77. The highest BCUT2D eigenvalue weighted by Crippen LogP contribution is 2.32. The van der Waals surface area contributed by atoms with Gasteiger partial charge in [-0.3, -0.25) is 23.8 Å². The number of fused-ring (bicyclic) bond motifs is 3. The van der Waals surface area contributed by atoms with Gasteiger partial charge < -0.3 is 9.84 Å². The van der Waals surface area contributed by atoms with Crippen LogP contribution in [0.3, 0.4) is 0 Å². The average molecular weight is 451 g/mol. The lowest BCUT2D eigenvalue weighted by Gasteiger charge is -2.10. The van der Waals surface area contributed by atoms with E-state index < -0.39 is 0 Å². The summed E-state index contributed by atoms with van der Waals surface area (Å²) >= 11 is 6.34. The number of methoxy groups -OCH3 is 1. The van der Waals surface area contributed by atoms with Gasteiger partial charge in [0.2, 0.25) is 0 Å². The molecule has 4 aromatic heterocycles. The molecule has 5 aromatic rings. The number of halogens is 1. The van der Waals surface area contributed by atoms with E-state index in [4.69, 9.17) is 16.3 Å². The van der Waals surface area contributed by atoms with Crippen LogP contribution in [0, 0.1) is 0 Å². The smallest absolute Gasteiger partial charge is 0.333 e. The van der Waals surface area contributed by atoms with Crippen LogP contribution in [0.5, 0.6) is 5.75 Å². The molecule has 0 aliphatic rings. The fourth-order valence-corrected chi connectivity index (χ4v) is 4.18. The van der Waals surface area contributed by atoms with Crippen LogP contribution in [0.15, 0.2) is 47.7 Å². The van der Waals surface area contributed by atoms with Crippen molar-refractivity contribution < 1.29 is 9.84 Å². The van der Waals surface area contributed by atoms with E-state index in [1.54, 1.807) is 46.5 Å². The van der Waals surface area contributed by atoms with Crippen molar-refractivity contribution in [2.24, 2.45) is 14.1 Å². The fourth-order valence-electron chi connectivity index (χ4n) is 3.93. The molecule has 4 heterocycles. The summed E-state index contributed by atoms with van der Waals surface area (Å²) in [5.41, 5.74) is 4.47. The quantitative estimate of drug-likeness (QED) is 0.452. The summed E-state index contributed by atoms with van der Waals surface area (Å²) in [7, 11) is 4.99. The number of hydrogen-bond acceptors (Lipinski definition) is 6. The standard InChI is InChI=1S/C22H19ClN6O3/c1-27-10-18(21(23)26-27)29-20-14-6-12(13-7-19(32-3)16(11-30)24-8-13)4-5-15(14)25-9-17(20)28(2)22(29)31/h4-10,30H,11H2,1-3H3. The normalized spacial score (nSPS) is 11.5. The lowest BCUT2D eigenvalue weighted by molar-refractivity contribution is 0.268. The minimum Gasteiger partial charge on any atom is -0.495 e. The average Bonchev–Trinajstić information content (AvgIpc) is 3.27. The van der Waals surface area contributed by atoms with Gasteiger partial charge in [0, 0.05) is 31.2 Å². The molecule has 32 heavy (non-hydrogen) atoms. The first-order valence-electron chi connectivity index (χ1n) is 9.76. The van der Waals surface area contributed by atoms with Crippen molar-refractivity contribution in [1.82, 2.24) is 28.9 Å². The summed E-state index contributed by atoms with van der Waals surface area (Å²) in [6, 6.07) is 7.60. The molecule has 0 atom stereocenters. The van der Waals surface area contributed by atoms with Gasteiger partial charge in [-0.1, -0.05) is 17.7 Å². The lowest BCUT2D eigenvalue weighted by Crippen LogP contribution is -2.20. The molecule has 9 nitrogen and oxygen atoms in total. The highest BCUT2D eigenvalue weighted by atomic mass is 35.5. The van der Waals surface area contributed by atoms with E-state index >= 15 is 0 Å². The second kappa shape index (κ2) is 7.47. The molecule has 162 valence electrons. The maximum Gasteiger partial charge on any atom is 0.333 e. The molecule has 0 saturated carbocycles. The zero-order valence-corrected chi connectivity index (χ0v) is 18.3. The van der Waals surface area contributed by atoms with Crippen molar-refractivity contribution >= 4 is 33.5 Å². The van der Waals surface area contributed by atoms with Crippen LogP contribution < -0.4 is 10.4 Å². The SMILES string of the molecule is COc1cc(-c2ccc3ncc4c(c3c2)n(-c2cn(C)nc2Cl)c(=O)n4C)cnc1CO. The van der Waals surface area contributed by atoms with Gasteiger partial charge in [0.15, 0.2) is 5.15 Å². The topological polar surface area (TPSA) is 100.0 Å². The van der Waals surface area contributed by atoms with Gasteiger partial charge in [0.25, 0.3) is 0 Å². The Morgan fingerprint density at radius 2 is 1.94 bits per heavy atom. The first kappa shape index (κ1) is 20.2. The molecule has 5 rings (SSSR count). The number of pyridine rings is 2. The number of benzene rings is 1. The van der Waals surface area contributed by atoms with E-state index in [0.717, 1.165) is 22.0 Å². The third-order valence-corrected chi connectivity index (χ3v) is 5.79. The van der Waals surface area contributed by atoms with Gasteiger partial charge in [-0.05, 0) is 23.8 Å². The van der Waals surface area contributed by atoms with Crippen LogP contribution in [0.1, 0.15) is 5.69 Å². The molecule has 10 heteroatoms. The maximum absolute atomic E-state index is 13.2. The third-order valence-electron chi connectivity index (χ3n) is 5.52. The lowest BCUT2D eigenvalue weighted by atomic mass is 10.0. The number of hydrogen-bond donors (Lipinski definition) is 1. The van der Waals surface area contributed by atoms with E-state index in [1.807, 2.05) is 24.3 Å². The number of aromatic nitrogens is 6. The molecular weight excluding hydrogens is 432 g/mol. The van der Waals surface area contributed by atoms with Gasteiger partial charge in [0.1, 0.15) is 17.1 Å². The van der Waals surface area contributed by atoms with E-state index in [1.165, 1.54) is 7.11 Å². The largest absolute Gasteiger partial charge is 0.495 e. The van der Waals surface area contributed by atoms with Crippen LogP contribution >= 0.6 is 11.6 Å². The first-order chi connectivity index (χ1) is 15.4. The molecule has 0 aliphatic heterocycles. The molecule has 0 bridgehead atoms. The molecule has 1 aromatic carbocycles. The van der Waals surface area contributed by atoms with Crippen LogP contribution in [0.25, 0.3) is 38.8 Å². The summed E-state index contributed by atoms with van der Waals surface area (Å²) in [6.07, 6.45) is 5.07. The monoisotopic (exact) mass is 450 g/mol. The van der Waals surface area contributed by atoms with Crippen molar-refractivity contribution in [3.8, 4) is 22.6 Å². The molecule has 0 fully saturated rings. The van der Waals surface area contributed by atoms with Gasteiger partial charge in [-0.15, -0.1) is 0 Å². The summed E-state index contributed by atoms with van der Waals surface area (Å²) in [4.78, 5) is 22.0. The van der Waals surface area contributed by atoms with Crippen molar-refractivity contribution in [3.63, 3.8) is 0 Å². The van der Waals surface area contributed by atoms with E-state index in [0.29, 0.717) is 28.2 Å². The van der Waals surface area contributed by atoms with E-state index in [2.05, 4.69) is 15.1 Å². The minimum atomic E-state index is -0.245. The van der Waals surface area contributed by atoms with Crippen LogP contribution in [0.2, 0.25) is 5.15 Å². The van der Waals surface area contributed by atoms with Gasteiger partial charge in [-0.25, -0.2) is 4.79 Å². The predicted octanol–water partition coefficient (Wildman–Crippen LogP) is 2.83. The van der Waals surface area contributed by atoms with E-state index in [9.17, 15) is 9.90 Å². The molecule has 1 N–H and O–H groups in total. The summed E-state index contributed by atoms with van der Waals surface area (Å²) in [5, 5.41) is 14.7. The number of aryl methyl sites for hydroxylation is 2. The number of imidazole rings is 1. The summed E-state index contributed by atoms with van der Waals surface area (Å²) < 4.78 is 10.0. The predicted molar refractivity (Wildman–Crippen MR) is 121 cm³/mol. The Hall–Kier alpha value is -3.69. The Kier molecular flexibility index (Phi) is 4.72. The molecular formula is C22H19ClN6O3. The van der Waals surface area contributed by atoms with Crippen LogP contribution in [0.4, 0.5) is 0 Å². The second-order valence-electron chi connectivity index (χ2n) is 7.41. The summed E-state index contributed by atoms with van der Waals surface area (Å²) in [6.45, 7) is -0.214. The molecule has 0 unspecified atom stereocenters. The van der Waals surface area contributed by atoms with Crippen LogP contribution in [-0.2, 0) is 20.7 Å². The first-order valence-corrected chi connectivity index (χ1v) is 10.1. The number of rotatable bonds is 4. The van der Waals surface area contributed by atoms with E-state index in [-0.39, 0.29) is 17.4 Å². The Bertz CT molecular complexity index is 1570. The van der Waals surface area contributed by atoms with Crippen molar-refractivity contribution in [2.75, 3.05) is 7.11 Å². The Morgan fingerprint density at radius 3 is 2.62 bits per heavy atom. The minimum absolute atomic E-state index is 0.214. The number of aliphatic hydroxyl groups excluding tert-OH is 1. The third kappa shape index (κ3) is 2.97. The molecule has 0 aliphatic carbocycles. The van der Waals surface area contributed by atoms with Gasteiger partial charge >= 0.3 is 5.69 Å². The fraction of sp³-hybridized carbons (Fsp3) is 0.182. The zero-order valence-electron chi connectivity index (χ0n) is 17.6. The Morgan fingerprint density at radius 1 is 1.12 bits per heavy atom. The highest BCUT2D eigenvalue weighted by molar-refractivity contribution is 6.31.